The fourth-order valence-corrected chi connectivity index (χ4v) is 2.25. The number of pyridine rings is 1. The van der Waals surface area contributed by atoms with Crippen LogP contribution in [-0.2, 0) is 16.1 Å². The maximum absolute atomic E-state index is 12.0. The highest BCUT2D eigenvalue weighted by atomic mass is 35.5. The van der Waals surface area contributed by atoms with Gasteiger partial charge in [0.1, 0.15) is 12.3 Å². The molecule has 3 aromatic rings. The number of aromatic nitrogens is 4. The van der Waals surface area contributed by atoms with Gasteiger partial charge >= 0.3 is 5.97 Å². The average molecular weight is 360 g/mol. The van der Waals surface area contributed by atoms with Crippen molar-refractivity contribution in [1.82, 2.24) is 19.4 Å². The Hall–Kier alpha value is -3.00. The second-order valence-corrected chi connectivity index (χ2v) is 5.51. The Kier molecular flexibility index (Phi) is 5.20. The van der Waals surface area contributed by atoms with Gasteiger partial charge in [0.05, 0.1) is 17.1 Å². The highest BCUT2D eigenvalue weighted by molar-refractivity contribution is 6.30. The second kappa shape index (κ2) is 7.71. The van der Waals surface area contributed by atoms with Crippen LogP contribution in [0.15, 0.2) is 47.7 Å². The maximum atomic E-state index is 12.0. The third-order valence-electron chi connectivity index (χ3n) is 3.24. The molecule has 0 bridgehead atoms. The molecule has 3 aromatic heterocycles. The van der Waals surface area contributed by atoms with Crippen molar-refractivity contribution in [2.24, 2.45) is 0 Å². The summed E-state index contributed by atoms with van der Waals surface area (Å²) in [5, 5.41) is 3.34. The van der Waals surface area contributed by atoms with Gasteiger partial charge in [0, 0.05) is 31.2 Å². The Morgan fingerprint density at radius 2 is 2.08 bits per heavy atom. The summed E-state index contributed by atoms with van der Waals surface area (Å²) >= 11 is 5.85. The smallest absolute Gasteiger partial charge is 0.307 e. The first kappa shape index (κ1) is 16.8. The van der Waals surface area contributed by atoms with Crippen LogP contribution >= 0.6 is 11.6 Å². The lowest BCUT2D eigenvalue weighted by atomic mass is 10.4. The van der Waals surface area contributed by atoms with Crippen LogP contribution in [0, 0.1) is 0 Å². The molecule has 8 nitrogen and oxygen atoms in total. The molecule has 0 saturated carbocycles. The van der Waals surface area contributed by atoms with Crippen molar-refractivity contribution in [1.29, 1.82) is 0 Å². The number of fused-ring (bicyclic) bond motifs is 1. The Bertz CT molecular complexity index is 945. The summed E-state index contributed by atoms with van der Waals surface area (Å²) in [6.45, 7) is 0.268. The predicted molar refractivity (Wildman–Crippen MR) is 91.4 cm³/mol. The van der Waals surface area contributed by atoms with Gasteiger partial charge in [-0.05, 0) is 18.2 Å². The first-order valence-electron chi connectivity index (χ1n) is 7.46. The molecule has 0 aliphatic carbocycles. The number of hydrogen-bond donors (Lipinski definition) is 1. The third kappa shape index (κ3) is 4.51. The minimum absolute atomic E-state index is 0.0744. The molecule has 0 aromatic carbocycles. The second-order valence-electron chi connectivity index (χ2n) is 5.07. The highest BCUT2D eigenvalue weighted by Crippen LogP contribution is 2.09. The molecule has 0 unspecified atom stereocenters. The standard InChI is InChI=1S/C16H14ClN5O3/c17-11-2-3-13-21-12(8-14(23)22(13)9-11)10-25-15(24)4-7-20-16-18-5-1-6-19-16/h1-3,5-6,8-9H,4,7,10H2,(H,18,19,20). The molecule has 0 spiro atoms. The molecule has 3 heterocycles. The van der Waals surface area contributed by atoms with E-state index in [4.69, 9.17) is 16.3 Å². The summed E-state index contributed by atoms with van der Waals surface area (Å²) in [6.07, 6.45) is 4.83. The van der Waals surface area contributed by atoms with Gasteiger partial charge in [-0.1, -0.05) is 11.6 Å². The normalized spacial score (nSPS) is 10.6. The van der Waals surface area contributed by atoms with E-state index in [9.17, 15) is 9.59 Å². The lowest BCUT2D eigenvalue weighted by Gasteiger charge is -2.07. The Morgan fingerprint density at radius 3 is 2.88 bits per heavy atom. The van der Waals surface area contributed by atoms with Gasteiger partial charge in [0.15, 0.2) is 0 Å². The van der Waals surface area contributed by atoms with E-state index in [1.54, 1.807) is 30.6 Å². The van der Waals surface area contributed by atoms with E-state index in [0.29, 0.717) is 28.9 Å². The summed E-state index contributed by atoms with van der Waals surface area (Å²) in [5.74, 6) is 0.0275. The maximum Gasteiger partial charge on any atom is 0.307 e. The quantitative estimate of drug-likeness (QED) is 0.668. The van der Waals surface area contributed by atoms with Crippen LogP contribution in [0.1, 0.15) is 12.1 Å². The number of hydrogen-bond acceptors (Lipinski definition) is 7. The number of rotatable bonds is 6. The summed E-state index contributed by atoms with van der Waals surface area (Å²) in [4.78, 5) is 36.0. The van der Waals surface area contributed by atoms with Gasteiger partial charge in [-0.25, -0.2) is 15.0 Å². The molecule has 0 fully saturated rings. The molecule has 128 valence electrons. The molecule has 3 rings (SSSR count). The van der Waals surface area contributed by atoms with E-state index in [2.05, 4.69) is 20.3 Å². The lowest BCUT2D eigenvalue weighted by molar-refractivity contribution is -0.144. The largest absolute Gasteiger partial charge is 0.459 e. The topological polar surface area (TPSA) is 98.5 Å². The number of carbonyl (C=O) groups excluding carboxylic acids is 1. The molecule has 0 aliphatic rings. The van der Waals surface area contributed by atoms with Crippen molar-refractivity contribution in [3.8, 4) is 0 Å². The predicted octanol–water partition coefficient (Wildman–Crippen LogP) is 1.68. The van der Waals surface area contributed by atoms with E-state index in [1.165, 1.54) is 16.7 Å². The Balaban J connectivity index is 1.54. The molecule has 0 amide bonds. The SMILES string of the molecule is O=C(CCNc1ncccn1)OCc1cc(=O)n2cc(Cl)ccc2n1. The lowest BCUT2D eigenvalue weighted by Crippen LogP contribution is -2.17. The molecule has 1 N–H and O–H groups in total. The van der Waals surface area contributed by atoms with Crippen molar-refractivity contribution in [3.63, 3.8) is 0 Å². The van der Waals surface area contributed by atoms with Crippen molar-refractivity contribution in [2.45, 2.75) is 13.0 Å². The summed E-state index contributed by atoms with van der Waals surface area (Å²) in [5.41, 5.74) is 0.521. The minimum atomic E-state index is -0.415. The first-order chi connectivity index (χ1) is 12.1. The van der Waals surface area contributed by atoms with Gasteiger partial charge in [-0.3, -0.25) is 14.0 Å². The van der Waals surface area contributed by atoms with E-state index < -0.39 is 5.97 Å². The summed E-state index contributed by atoms with van der Waals surface area (Å²) in [6, 6.07) is 6.27. The van der Waals surface area contributed by atoms with Crippen molar-refractivity contribution < 1.29 is 9.53 Å². The fraction of sp³-hybridized carbons (Fsp3) is 0.188. The van der Waals surface area contributed by atoms with E-state index >= 15 is 0 Å². The Morgan fingerprint density at radius 1 is 1.28 bits per heavy atom. The zero-order valence-corrected chi connectivity index (χ0v) is 13.8. The van der Waals surface area contributed by atoms with Gasteiger partial charge < -0.3 is 10.1 Å². The van der Waals surface area contributed by atoms with Crippen LogP contribution in [0.3, 0.4) is 0 Å². The molecule has 0 saturated heterocycles. The average Bonchev–Trinajstić information content (AvgIpc) is 2.61. The minimum Gasteiger partial charge on any atom is -0.459 e. The van der Waals surface area contributed by atoms with Gasteiger partial charge in [-0.15, -0.1) is 0 Å². The number of halogens is 1. The van der Waals surface area contributed by atoms with E-state index in [1.807, 2.05) is 0 Å². The number of nitrogens with zero attached hydrogens (tertiary/aromatic N) is 4. The number of nitrogens with one attached hydrogen (secondary N) is 1. The van der Waals surface area contributed by atoms with Crippen LogP contribution in [0.25, 0.3) is 5.65 Å². The monoisotopic (exact) mass is 359 g/mol. The third-order valence-corrected chi connectivity index (χ3v) is 3.46. The van der Waals surface area contributed by atoms with Crippen molar-refractivity contribution in [2.75, 3.05) is 11.9 Å². The summed E-state index contributed by atoms with van der Waals surface area (Å²) < 4.78 is 6.47. The van der Waals surface area contributed by atoms with Crippen LogP contribution in [-0.4, -0.2) is 31.9 Å². The summed E-state index contributed by atoms with van der Waals surface area (Å²) in [7, 11) is 0. The number of carbonyl (C=O) groups is 1. The zero-order valence-electron chi connectivity index (χ0n) is 13.1. The zero-order chi connectivity index (χ0) is 17.6. The van der Waals surface area contributed by atoms with Crippen LogP contribution < -0.4 is 10.9 Å². The molecule has 0 atom stereocenters. The van der Waals surface area contributed by atoms with Crippen LogP contribution in [0.4, 0.5) is 5.95 Å². The highest BCUT2D eigenvalue weighted by Gasteiger charge is 2.07. The van der Waals surface area contributed by atoms with Crippen LogP contribution in [0.5, 0.6) is 0 Å². The molecular weight excluding hydrogens is 346 g/mol. The molecule has 0 aliphatic heterocycles. The van der Waals surface area contributed by atoms with Crippen molar-refractivity contribution in [3.05, 3.63) is 63.9 Å². The Labute approximate surface area is 147 Å². The van der Waals surface area contributed by atoms with E-state index in [-0.39, 0.29) is 18.6 Å². The molecular formula is C16H14ClN5O3. The molecule has 0 radical (unpaired) electrons. The van der Waals surface area contributed by atoms with Gasteiger partial charge in [0.2, 0.25) is 5.95 Å². The van der Waals surface area contributed by atoms with Gasteiger partial charge in [-0.2, -0.15) is 0 Å². The molecule has 25 heavy (non-hydrogen) atoms. The van der Waals surface area contributed by atoms with Crippen LogP contribution in [0.2, 0.25) is 5.02 Å². The number of esters is 1. The number of ether oxygens (including phenoxy) is 1. The van der Waals surface area contributed by atoms with Crippen molar-refractivity contribution >= 4 is 29.2 Å². The molecule has 9 heteroatoms. The number of anilines is 1. The fourth-order valence-electron chi connectivity index (χ4n) is 2.09. The first-order valence-corrected chi connectivity index (χ1v) is 7.84. The van der Waals surface area contributed by atoms with E-state index in [0.717, 1.165) is 0 Å². The van der Waals surface area contributed by atoms with Gasteiger partial charge in [0.25, 0.3) is 5.56 Å².